The summed E-state index contributed by atoms with van der Waals surface area (Å²) in [6, 6.07) is 8.16. The summed E-state index contributed by atoms with van der Waals surface area (Å²) in [7, 11) is 0. The average molecular weight is 288 g/mol. The van der Waals surface area contributed by atoms with E-state index < -0.39 is 0 Å². The minimum atomic E-state index is 0.986. The Morgan fingerprint density at radius 1 is 1.25 bits per heavy atom. The predicted molar refractivity (Wildman–Crippen MR) is 58.1 cm³/mol. The molecule has 0 saturated heterocycles. The van der Waals surface area contributed by atoms with Crippen LogP contribution in [-0.4, -0.2) is 10.2 Å². The first-order valence-electron chi connectivity index (χ1n) is 3.39. The fourth-order valence-electron chi connectivity index (χ4n) is 0.925. The second-order valence-electron chi connectivity index (χ2n) is 2.22. The van der Waals surface area contributed by atoms with Gasteiger partial charge < -0.3 is 0 Å². The highest BCUT2D eigenvalue weighted by Gasteiger charge is 2.03. The van der Waals surface area contributed by atoms with Gasteiger partial charge in [0.25, 0.3) is 0 Å². The molecule has 2 nitrogen and oxygen atoms in total. The van der Waals surface area contributed by atoms with Crippen molar-refractivity contribution in [3.63, 3.8) is 0 Å². The Kier molecular flexibility index (Phi) is 2.36. The van der Waals surface area contributed by atoms with Crippen molar-refractivity contribution in [3.8, 4) is 10.6 Å². The lowest BCUT2D eigenvalue weighted by Crippen LogP contribution is -1.80. The maximum atomic E-state index is 4.01. The number of benzene rings is 1. The van der Waals surface area contributed by atoms with Crippen molar-refractivity contribution in [2.45, 2.75) is 0 Å². The van der Waals surface area contributed by atoms with Gasteiger partial charge in [-0.15, -0.1) is 10.2 Å². The third-order valence-corrected chi connectivity index (χ3v) is 3.13. The zero-order chi connectivity index (χ0) is 8.39. The van der Waals surface area contributed by atoms with Crippen molar-refractivity contribution in [1.82, 2.24) is 10.2 Å². The number of nitrogens with zero attached hydrogens (tertiary/aromatic N) is 2. The van der Waals surface area contributed by atoms with Gasteiger partial charge in [0.2, 0.25) is 0 Å². The Bertz CT molecular complexity index is 372. The van der Waals surface area contributed by atoms with Crippen LogP contribution in [0.2, 0.25) is 0 Å². The van der Waals surface area contributed by atoms with Gasteiger partial charge in [0.05, 0.1) is 0 Å². The summed E-state index contributed by atoms with van der Waals surface area (Å²) < 4.78 is 1.21. The van der Waals surface area contributed by atoms with Crippen molar-refractivity contribution < 1.29 is 0 Å². The first-order chi connectivity index (χ1) is 5.88. The second kappa shape index (κ2) is 3.49. The van der Waals surface area contributed by atoms with Gasteiger partial charge in [-0.2, -0.15) is 0 Å². The van der Waals surface area contributed by atoms with Gasteiger partial charge >= 0.3 is 0 Å². The van der Waals surface area contributed by atoms with Crippen LogP contribution in [0.15, 0.2) is 29.8 Å². The van der Waals surface area contributed by atoms with Crippen LogP contribution in [0.5, 0.6) is 0 Å². The van der Waals surface area contributed by atoms with Crippen LogP contribution in [0, 0.1) is 3.57 Å². The molecule has 1 aromatic heterocycles. The molecule has 0 aliphatic heterocycles. The van der Waals surface area contributed by atoms with E-state index in [0.29, 0.717) is 0 Å². The van der Waals surface area contributed by atoms with E-state index in [-0.39, 0.29) is 0 Å². The van der Waals surface area contributed by atoms with Gasteiger partial charge in [-0.3, -0.25) is 0 Å². The SMILES string of the molecule is Ic1ccccc1-c1nncs1. The maximum absolute atomic E-state index is 4.01. The molecule has 0 aliphatic rings. The van der Waals surface area contributed by atoms with Crippen LogP contribution in [0.1, 0.15) is 0 Å². The summed E-state index contributed by atoms with van der Waals surface area (Å²) in [5.41, 5.74) is 2.92. The van der Waals surface area contributed by atoms with Gasteiger partial charge in [-0.25, -0.2) is 0 Å². The lowest BCUT2D eigenvalue weighted by atomic mass is 10.2. The molecule has 0 amide bonds. The molecule has 0 radical (unpaired) electrons. The fourth-order valence-corrected chi connectivity index (χ4v) is 2.34. The molecular formula is C8H5IN2S. The molecule has 4 heteroatoms. The van der Waals surface area contributed by atoms with Crippen molar-refractivity contribution in [1.29, 1.82) is 0 Å². The molecular weight excluding hydrogens is 283 g/mol. The molecule has 0 aliphatic carbocycles. The van der Waals surface area contributed by atoms with Gasteiger partial charge in [0.15, 0.2) is 0 Å². The van der Waals surface area contributed by atoms with E-state index in [9.17, 15) is 0 Å². The lowest BCUT2D eigenvalue weighted by molar-refractivity contribution is 1.09. The molecule has 0 unspecified atom stereocenters. The molecule has 12 heavy (non-hydrogen) atoms. The van der Waals surface area contributed by atoms with Gasteiger partial charge in [0.1, 0.15) is 10.5 Å². The fraction of sp³-hybridized carbons (Fsp3) is 0. The lowest BCUT2D eigenvalue weighted by Gasteiger charge is -1.96. The Morgan fingerprint density at radius 2 is 2.08 bits per heavy atom. The molecule has 0 saturated carbocycles. The van der Waals surface area contributed by atoms with E-state index in [1.807, 2.05) is 12.1 Å². The highest BCUT2D eigenvalue weighted by molar-refractivity contribution is 14.1. The number of hydrogen-bond donors (Lipinski definition) is 0. The van der Waals surface area contributed by atoms with Gasteiger partial charge in [-0.1, -0.05) is 29.5 Å². The van der Waals surface area contributed by atoms with Crippen molar-refractivity contribution in [3.05, 3.63) is 33.3 Å². The van der Waals surface area contributed by atoms with E-state index in [2.05, 4.69) is 44.9 Å². The maximum Gasteiger partial charge on any atom is 0.148 e. The topological polar surface area (TPSA) is 25.8 Å². The Labute approximate surface area is 87.8 Å². The summed E-state index contributed by atoms with van der Waals surface area (Å²) in [4.78, 5) is 0. The van der Waals surface area contributed by atoms with Crippen LogP contribution >= 0.6 is 33.9 Å². The van der Waals surface area contributed by atoms with Gasteiger partial charge in [-0.05, 0) is 28.7 Å². The molecule has 2 rings (SSSR count). The predicted octanol–water partition coefficient (Wildman–Crippen LogP) is 2.81. The molecule has 0 atom stereocenters. The van der Waals surface area contributed by atoms with E-state index in [1.165, 1.54) is 9.13 Å². The van der Waals surface area contributed by atoms with Gasteiger partial charge in [0, 0.05) is 9.13 Å². The molecule has 0 bridgehead atoms. The minimum absolute atomic E-state index is 0.986. The second-order valence-corrected chi connectivity index (χ2v) is 4.22. The van der Waals surface area contributed by atoms with Crippen LogP contribution in [0.3, 0.4) is 0 Å². The van der Waals surface area contributed by atoms with Crippen molar-refractivity contribution in [2.24, 2.45) is 0 Å². The standard InChI is InChI=1S/C8H5IN2S/c9-7-4-2-1-3-6(7)8-11-10-5-12-8/h1-5H. The number of rotatable bonds is 1. The third kappa shape index (κ3) is 1.49. The zero-order valence-corrected chi connectivity index (χ0v) is 9.04. The Morgan fingerprint density at radius 3 is 2.75 bits per heavy atom. The normalized spacial score (nSPS) is 10.1. The monoisotopic (exact) mass is 288 g/mol. The molecule has 0 spiro atoms. The summed E-state index contributed by atoms with van der Waals surface area (Å²) >= 11 is 3.86. The highest BCUT2D eigenvalue weighted by atomic mass is 127. The van der Waals surface area contributed by atoms with E-state index >= 15 is 0 Å². The van der Waals surface area contributed by atoms with Crippen LogP contribution in [0.25, 0.3) is 10.6 Å². The number of halogens is 1. The zero-order valence-electron chi connectivity index (χ0n) is 6.07. The molecule has 2 aromatic rings. The summed E-state index contributed by atoms with van der Waals surface area (Å²) in [5, 5.41) is 8.80. The first-order valence-corrected chi connectivity index (χ1v) is 5.35. The smallest absolute Gasteiger partial charge is 0.147 e. The van der Waals surface area contributed by atoms with Crippen molar-refractivity contribution >= 4 is 33.9 Å². The number of aromatic nitrogens is 2. The summed E-state index contributed by atoms with van der Waals surface area (Å²) in [6.07, 6.45) is 0. The summed E-state index contributed by atoms with van der Waals surface area (Å²) in [5.74, 6) is 0. The molecule has 0 fully saturated rings. The van der Waals surface area contributed by atoms with E-state index in [1.54, 1.807) is 16.8 Å². The minimum Gasteiger partial charge on any atom is -0.147 e. The average Bonchev–Trinajstić information content (AvgIpc) is 2.57. The largest absolute Gasteiger partial charge is 0.148 e. The summed E-state index contributed by atoms with van der Waals surface area (Å²) in [6.45, 7) is 0. The van der Waals surface area contributed by atoms with Crippen LogP contribution in [-0.2, 0) is 0 Å². The first kappa shape index (κ1) is 8.12. The number of hydrogen-bond acceptors (Lipinski definition) is 3. The Hall–Kier alpha value is -0.490. The van der Waals surface area contributed by atoms with E-state index in [4.69, 9.17) is 0 Å². The highest BCUT2D eigenvalue weighted by Crippen LogP contribution is 2.25. The quantitative estimate of drug-likeness (QED) is 0.754. The Balaban J connectivity index is 2.55. The molecule has 1 heterocycles. The molecule has 1 aromatic carbocycles. The molecule has 0 N–H and O–H groups in total. The van der Waals surface area contributed by atoms with Crippen LogP contribution in [0.4, 0.5) is 0 Å². The van der Waals surface area contributed by atoms with Crippen molar-refractivity contribution in [2.75, 3.05) is 0 Å². The van der Waals surface area contributed by atoms with E-state index in [0.717, 1.165) is 5.01 Å². The third-order valence-electron chi connectivity index (χ3n) is 1.46. The molecule has 60 valence electrons. The van der Waals surface area contributed by atoms with Crippen LogP contribution < -0.4 is 0 Å².